The quantitative estimate of drug-likeness (QED) is 0.814. The zero-order chi connectivity index (χ0) is 15.6. The average Bonchev–Trinajstić information content (AvgIpc) is 2.40. The second kappa shape index (κ2) is 5.89. The van der Waals surface area contributed by atoms with Crippen LogP contribution in [0.3, 0.4) is 0 Å². The predicted octanol–water partition coefficient (Wildman–Crippen LogP) is 4.60. The minimum absolute atomic E-state index is 0.0332. The zero-order valence-electron chi connectivity index (χ0n) is 10.6. The van der Waals surface area contributed by atoms with E-state index in [1.807, 2.05) is 0 Å². The largest absolute Gasteiger partial charge is 0.508 e. The summed E-state index contributed by atoms with van der Waals surface area (Å²) in [6, 6.07) is 9.22. The summed E-state index contributed by atoms with van der Waals surface area (Å²) in [5.41, 5.74) is -0.784. The zero-order valence-corrected chi connectivity index (χ0v) is 12.2. The van der Waals surface area contributed by atoms with E-state index in [2.05, 4.69) is 15.9 Å². The highest BCUT2D eigenvalue weighted by atomic mass is 79.9. The number of carbonyl (C=O) groups excluding carboxylic acids is 1. The fraction of sp³-hybridized carbons (Fsp3) is 0.133. The van der Waals surface area contributed by atoms with Crippen LogP contribution in [0.25, 0.3) is 0 Å². The van der Waals surface area contributed by atoms with E-state index in [9.17, 15) is 18.0 Å². The predicted molar refractivity (Wildman–Crippen MR) is 75.3 cm³/mol. The van der Waals surface area contributed by atoms with E-state index >= 15 is 0 Å². The molecule has 0 bridgehead atoms. The molecule has 2 rings (SSSR count). The summed E-state index contributed by atoms with van der Waals surface area (Å²) in [5, 5.41) is 9.15. The molecule has 6 heteroatoms. The van der Waals surface area contributed by atoms with Crippen LogP contribution in [0, 0.1) is 0 Å². The molecular formula is C15H10BrF3O2. The van der Waals surface area contributed by atoms with Gasteiger partial charge in [0.05, 0.1) is 5.56 Å². The highest BCUT2D eigenvalue weighted by Crippen LogP contribution is 2.34. The van der Waals surface area contributed by atoms with Crippen LogP contribution in [-0.2, 0) is 12.6 Å². The lowest BCUT2D eigenvalue weighted by molar-refractivity contribution is -0.138. The van der Waals surface area contributed by atoms with Gasteiger partial charge in [-0.05, 0) is 35.9 Å². The first-order valence-electron chi connectivity index (χ1n) is 5.95. The van der Waals surface area contributed by atoms with E-state index in [1.165, 1.54) is 30.3 Å². The number of rotatable bonds is 3. The smallest absolute Gasteiger partial charge is 0.417 e. The molecule has 0 unspecified atom stereocenters. The minimum Gasteiger partial charge on any atom is -0.508 e. The summed E-state index contributed by atoms with van der Waals surface area (Å²) < 4.78 is 39.2. The van der Waals surface area contributed by atoms with Crippen molar-refractivity contribution in [3.8, 4) is 5.75 Å². The van der Waals surface area contributed by atoms with E-state index in [4.69, 9.17) is 5.11 Å². The number of hydrogen-bond acceptors (Lipinski definition) is 2. The average molecular weight is 359 g/mol. The second-order valence-corrected chi connectivity index (χ2v) is 5.37. The number of benzene rings is 2. The van der Waals surface area contributed by atoms with Crippen molar-refractivity contribution in [1.82, 2.24) is 0 Å². The molecule has 0 atom stereocenters. The number of halogens is 4. The van der Waals surface area contributed by atoms with Crippen molar-refractivity contribution < 1.29 is 23.1 Å². The fourth-order valence-corrected chi connectivity index (χ4v) is 2.25. The number of Topliss-reactive ketones (excluding diaryl/α,β-unsaturated/α-hetero) is 1. The van der Waals surface area contributed by atoms with Crippen LogP contribution in [-0.4, -0.2) is 10.9 Å². The van der Waals surface area contributed by atoms with Crippen molar-refractivity contribution in [3.05, 3.63) is 63.6 Å². The molecule has 0 aliphatic rings. The monoisotopic (exact) mass is 358 g/mol. The van der Waals surface area contributed by atoms with Crippen molar-refractivity contribution in [3.63, 3.8) is 0 Å². The maximum Gasteiger partial charge on any atom is 0.417 e. The Morgan fingerprint density at radius 2 is 1.71 bits per heavy atom. The van der Waals surface area contributed by atoms with Gasteiger partial charge >= 0.3 is 6.18 Å². The lowest BCUT2D eigenvalue weighted by atomic mass is 9.98. The molecular weight excluding hydrogens is 349 g/mol. The molecule has 2 nitrogen and oxygen atoms in total. The van der Waals surface area contributed by atoms with E-state index in [0.29, 0.717) is 5.56 Å². The molecule has 0 aliphatic heterocycles. The van der Waals surface area contributed by atoms with Gasteiger partial charge in [0.25, 0.3) is 0 Å². The van der Waals surface area contributed by atoms with Gasteiger partial charge in [-0.2, -0.15) is 13.2 Å². The summed E-state index contributed by atoms with van der Waals surface area (Å²) in [5.74, 6) is -0.591. The van der Waals surface area contributed by atoms with Crippen LogP contribution >= 0.6 is 15.9 Å². The number of phenolic OH excluding ortho intramolecular Hbond substituents is 1. The number of alkyl halides is 3. The van der Waals surface area contributed by atoms with Gasteiger partial charge in [0.15, 0.2) is 5.78 Å². The van der Waals surface area contributed by atoms with Crippen LogP contribution in [0.4, 0.5) is 13.2 Å². The van der Waals surface area contributed by atoms with Crippen LogP contribution in [0.1, 0.15) is 21.5 Å². The number of aromatic hydroxyl groups is 1. The Labute approximate surface area is 127 Å². The lowest BCUT2D eigenvalue weighted by Crippen LogP contribution is -2.14. The summed E-state index contributed by atoms with van der Waals surface area (Å²) in [6.45, 7) is 0. The van der Waals surface area contributed by atoms with Crippen molar-refractivity contribution in [2.75, 3.05) is 0 Å². The molecule has 0 amide bonds. The van der Waals surface area contributed by atoms with E-state index in [-0.39, 0.29) is 22.2 Å². The van der Waals surface area contributed by atoms with Crippen LogP contribution in [0.5, 0.6) is 5.75 Å². The number of phenols is 1. The molecule has 1 N–H and O–H groups in total. The van der Waals surface area contributed by atoms with Gasteiger partial charge in [0.2, 0.25) is 0 Å². The number of ketones is 1. The highest BCUT2D eigenvalue weighted by Gasteiger charge is 2.35. The molecule has 0 radical (unpaired) electrons. The first-order valence-corrected chi connectivity index (χ1v) is 6.74. The molecule has 0 aromatic heterocycles. The van der Waals surface area contributed by atoms with Crippen molar-refractivity contribution >= 4 is 21.7 Å². The topological polar surface area (TPSA) is 37.3 Å². The van der Waals surface area contributed by atoms with Gasteiger partial charge in [0, 0.05) is 16.5 Å². The Balaban J connectivity index is 2.33. The van der Waals surface area contributed by atoms with Crippen molar-refractivity contribution in [2.24, 2.45) is 0 Å². The Morgan fingerprint density at radius 3 is 2.29 bits per heavy atom. The van der Waals surface area contributed by atoms with Gasteiger partial charge in [-0.1, -0.05) is 28.1 Å². The normalized spacial score (nSPS) is 11.4. The summed E-state index contributed by atoms with van der Waals surface area (Å²) in [4.78, 5) is 12.1. The Morgan fingerprint density at radius 1 is 1.10 bits per heavy atom. The number of hydrogen-bond donors (Lipinski definition) is 1. The third-order valence-electron chi connectivity index (χ3n) is 2.89. The van der Waals surface area contributed by atoms with Gasteiger partial charge in [-0.25, -0.2) is 0 Å². The van der Waals surface area contributed by atoms with Crippen molar-refractivity contribution in [2.45, 2.75) is 12.6 Å². The molecule has 0 aliphatic carbocycles. The Hall–Kier alpha value is -1.82. The molecule has 21 heavy (non-hydrogen) atoms. The second-order valence-electron chi connectivity index (χ2n) is 4.45. The summed E-state index contributed by atoms with van der Waals surface area (Å²) in [6.07, 6.45) is -4.76. The van der Waals surface area contributed by atoms with E-state index in [1.54, 1.807) is 0 Å². The highest BCUT2D eigenvalue weighted by molar-refractivity contribution is 9.10. The lowest BCUT2D eigenvalue weighted by Gasteiger charge is -2.12. The fourth-order valence-electron chi connectivity index (χ4n) is 1.89. The SMILES string of the molecule is O=C(Cc1ccc(O)cc1)c1ccc(Br)cc1C(F)(F)F. The Bertz CT molecular complexity index is 664. The molecule has 0 spiro atoms. The first kappa shape index (κ1) is 15.6. The molecule has 0 saturated carbocycles. The van der Waals surface area contributed by atoms with Crippen molar-refractivity contribution in [1.29, 1.82) is 0 Å². The minimum atomic E-state index is -4.59. The van der Waals surface area contributed by atoms with Gasteiger partial charge < -0.3 is 5.11 Å². The van der Waals surface area contributed by atoms with Gasteiger partial charge in [0.1, 0.15) is 5.75 Å². The molecule has 0 saturated heterocycles. The van der Waals surface area contributed by atoms with Gasteiger partial charge in [-0.3, -0.25) is 4.79 Å². The standard InChI is InChI=1S/C15H10BrF3O2/c16-10-3-6-12(13(8-10)15(17,18)19)14(21)7-9-1-4-11(20)5-2-9/h1-6,8,20H,7H2. The molecule has 2 aromatic rings. The molecule has 0 fully saturated rings. The third-order valence-corrected chi connectivity index (χ3v) is 3.38. The number of carbonyl (C=O) groups is 1. The molecule has 110 valence electrons. The molecule has 2 aromatic carbocycles. The molecule has 0 heterocycles. The maximum absolute atomic E-state index is 13.0. The van der Waals surface area contributed by atoms with Crippen LogP contribution < -0.4 is 0 Å². The Kier molecular flexibility index (Phi) is 4.37. The maximum atomic E-state index is 13.0. The first-order chi connectivity index (χ1) is 9.77. The van der Waals surface area contributed by atoms with E-state index < -0.39 is 17.5 Å². The third kappa shape index (κ3) is 3.85. The van der Waals surface area contributed by atoms with Crippen LogP contribution in [0.15, 0.2) is 46.9 Å². The van der Waals surface area contributed by atoms with Crippen LogP contribution in [0.2, 0.25) is 0 Å². The summed E-state index contributed by atoms with van der Waals surface area (Å²) in [7, 11) is 0. The van der Waals surface area contributed by atoms with E-state index in [0.717, 1.165) is 12.1 Å². The van der Waals surface area contributed by atoms with Gasteiger partial charge in [-0.15, -0.1) is 0 Å². The summed E-state index contributed by atoms with van der Waals surface area (Å²) >= 11 is 2.97.